The van der Waals surface area contributed by atoms with Crippen LogP contribution in [0.15, 0.2) is 12.2 Å². The predicted octanol–water partition coefficient (Wildman–Crippen LogP) is 2.75. The van der Waals surface area contributed by atoms with Gasteiger partial charge in [-0.05, 0) is 25.7 Å². The van der Waals surface area contributed by atoms with Gasteiger partial charge >= 0.3 is 0 Å². The van der Waals surface area contributed by atoms with E-state index in [2.05, 4.69) is 26.0 Å². The molecule has 1 heteroatoms. The summed E-state index contributed by atoms with van der Waals surface area (Å²) >= 11 is 0. The van der Waals surface area contributed by atoms with Crippen LogP contribution in [-0.2, 0) is 0 Å². The minimum absolute atomic E-state index is 0.509. The van der Waals surface area contributed by atoms with E-state index < -0.39 is 5.60 Å². The van der Waals surface area contributed by atoms with Gasteiger partial charge in [0, 0.05) is 0 Å². The summed E-state index contributed by atoms with van der Waals surface area (Å²) in [5.74, 6) is 0.586. The Morgan fingerprint density at radius 2 is 2.00 bits per heavy atom. The van der Waals surface area contributed by atoms with Crippen molar-refractivity contribution in [1.82, 2.24) is 0 Å². The predicted molar refractivity (Wildman–Crippen MR) is 49.5 cm³/mol. The van der Waals surface area contributed by atoms with Crippen LogP contribution in [0.2, 0.25) is 0 Å². The van der Waals surface area contributed by atoms with Crippen molar-refractivity contribution in [2.24, 2.45) is 5.92 Å². The van der Waals surface area contributed by atoms with E-state index in [1.54, 1.807) is 0 Å². The zero-order valence-corrected chi connectivity index (χ0v) is 8.09. The third-order valence-electron chi connectivity index (χ3n) is 1.84. The summed E-state index contributed by atoms with van der Waals surface area (Å²) in [6.07, 6.45) is 5.77. The fraction of sp³-hybridized carbons (Fsp3) is 0.800. The smallest absolute Gasteiger partial charge is 0.0651 e. The van der Waals surface area contributed by atoms with Crippen molar-refractivity contribution in [3.63, 3.8) is 0 Å². The van der Waals surface area contributed by atoms with Gasteiger partial charge in [0.05, 0.1) is 5.60 Å². The molecule has 0 bridgehead atoms. The lowest BCUT2D eigenvalue weighted by Gasteiger charge is -2.18. The van der Waals surface area contributed by atoms with Crippen LogP contribution in [0, 0.1) is 5.92 Å². The van der Waals surface area contributed by atoms with Crippen LogP contribution in [0.1, 0.15) is 40.5 Å². The lowest BCUT2D eigenvalue weighted by molar-refractivity contribution is 0.0591. The average molecular weight is 156 g/mol. The second-order valence-electron chi connectivity index (χ2n) is 3.73. The van der Waals surface area contributed by atoms with Gasteiger partial charge in [-0.1, -0.05) is 32.9 Å². The Hall–Kier alpha value is -0.300. The van der Waals surface area contributed by atoms with Gasteiger partial charge < -0.3 is 5.11 Å². The molecule has 0 aliphatic rings. The van der Waals surface area contributed by atoms with E-state index in [-0.39, 0.29) is 0 Å². The molecule has 1 N–H and O–H groups in total. The third-order valence-corrected chi connectivity index (χ3v) is 1.84. The van der Waals surface area contributed by atoms with Gasteiger partial charge in [0.1, 0.15) is 0 Å². The van der Waals surface area contributed by atoms with Gasteiger partial charge in [0.25, 0.3) is 0 Å². The van der Waals surface area contributed by atoms with Gasteiger partial charge in [0.15, 0.2) is 0 Å². The van der Waals surface area contributed by atoms with Crippen LogP contribution in [-0.4, -0.2) is 10.7 Å². The Labute approximate surface area is 70.1 Å². The lowest BCUT2D eigenvalue weighted by Crippen LogP contribution is -2.21. The van der Waals surface area contributed by atoms with Crippen molar-refractivity contribution < 1.29 is 5.11 Å². The number of hydrogen-bond donors (Lipinski definition) is 1. The van der Waals surface area contributed by atoms with E-state index in [4.69, 9.17) is 0 Å². The van der Waals surface area contributed by atoms with E-state index in [1.165, 1.54) is 0 Å². The molecule has 0 aromatic rings. The maximum atomic E-state index is 9.58. The van der Waals surface area contributed by atoms with Crippen LogP contribution in [0.25, 0.3) is 0 Å². The molecule has 1 nitrogen and oxygen atoms in total. The molecule has 0 amide bonds. The Balaban J connectivity index is 3.69. The largest absolute Gasteiger partial charge is 0.390 e. The van der Waals surface area contributed by atoms with E-state index in [0.29, 0.717) is 5.92 Å². The van der Waals surface area contributed by atoms with Crippen LogP contribution < -0.4 is 0 Å². The molecule has 0 aromatic heterocycles. The summed E-state index contributed by atoms with van der Waals surface area (Å²) in [6, 6.07) is 0. The first-order valence-electron chi connectivity index (χ1n) is 4.37. The quantitative estimate of drug-likeness (QED) is 0.620. The number of allylic oxidation sites excluding steroid dienone is 1. The van der Waals surface area contributed by atoms with E-state index in [1.807, 2.05) is 13.8 Å². The molecule has 0 fully saturated rings. The Morgan fingerprint density at radius 3 is 2.36 bits per heavy atom. The van der Waals surface area contributed by atoms with E-state index in [0.717, 1.165) is 12.8 Å². The van der Waals surface area contributed by atoms with Crippen LogP contribution in [0.4, 0.5) is 0 Å². The van der Waals surface area contributed by atoms with Crippen LogP contribution in [0.3, 0.4) is 0 Å². The minimum atomic E-state index is -0.509. The van der Waals surface area contributed by atoms with Crippen molar-refractivity contribution in [2.45, 2.75) is 46.1 Å². The normalized spacial score (nSPS) is 17.6. The van der Waals surface area contributed by atoms with Crippen molar-refractivity contribution in [3.05, 3.63) is 12.2 Å². The Bertz CT molecular complexity index is 123. The summed E-state index contributed by atoms with van der Waals surface area (Å²) in [6.45, 7) is 8.15. The second-order valence-corrected chi connectivity index (χ2v) is 3.73. The number of aliphatic hydroxyl groups is 1. The summed E-state index contributed by atoms with van der Waals surface area (Å²) in [7, 11) is 0. The molecule has 11 heavy (non-hydrogen) atoms. The zero-order chi connectivity index (χ0) is 8.91. The molecule has 0 spiro atoms. The van der Waals surface area contributed by atoms with E-state index in [9.17, 15) is 5.11 Å². The average Bonchev–Trinajstić information content (AvgIpc) is 1.87. The van der Waals surface area contributed by atoms with Gasteiger partial charge in [0.2, 0.25) is 0 Å². The van der Waals surface area contributed by atoms with Gasteiger partial charge in [-0.25, -0.2) is 0 Å². The highest BCUT2D eigenvalue weighted by Gasteiger charge is 2.14. The highest BCUT2D eigenvalue weighted by molar-refractivity contribution is 4.90. The SMILES string of the molecule is CCC(C)(O)C/C=C/C(C)C. The standard InChI is InChI=1S/C10H20O/c1-5-10(4,11)8-6-7-9(2)3/h6-7,9,11H,5,8H2,1-4H3/b7-6+. The van der Waals surface area contributed by atoms with Gasteiger partial charge in [-0.2, -0.15) is 0 Å². The highest BCUT2D eigenvalue weighted by Crippen LogP contribution is 2.14. The maximum absolute atomic E-state index is 9.58. The molecule has 0 aliphatic carbocycles. The summed E-state index contributed by atoms with van der Waals surface area (Å²) < 4.78 is 0. The summed E-state index contributed by atoms with van der Waals surface area (Å²) in [5.41, 5.74) is -0.509. The molecule has 0 aromatic carbocycles. The van der Waals surface area contributed by atoms with E-state index >= 15 is 0 Å². The first kappa shape index (κ1) is 10.7. The molecule has 0 heterocycles. The molecule has 0 saturated heterocycles. The van der Waals surface area contributed by atoms with Crippen molar-refractivity contribution >= 4 is 0 Å². The molecule has 66 valence electrons. The Morgan fingerprint density at radius 1 is 1.45 bits per heavy atom. The molecule has 0 aliphatic heterocycles. The molecule has 0 rings (SSSR count). The molecule has 1 unspecified atom stereocenters. The molecule has 1 atom stereocenters. The van der Waals surface area contributed by atoms with Crippen molar-refractivity contribution in [3.8, 4) is 0 Å². The fourth-order valence-corrected chi connectivity index (χ4v) is 0.738. The minimum Gasteiger partial charge on any atom is -0.390 e. The fourth-order valence-electron chi connectivity index (χ4n) is 0.738. The first-order chi connectivity index (χ1) is 4.98. The van der Waals surface area contributed by atoms with Crippen molar-refractivity contribution in [1.29, 1.82) is 0 Å². The van der Waals surface area contributed by atoms with Crippen molar-refractivity contribution in [2.75, 3.05) is 0 Å². The first-order valence-corrected chi connectivity index (χ1v) is 4.37. The lowest BCUT2D eigenvalue weighted by atomic mass is 9.98. The molecule has 0 saturated carbocycles. The molecule has 0 radical (unpaired) electrons. The number of hydrogen-bond acceptors (Lipinski definition) is 1. The maximum Gasteiger partial charge on any atom is 0.0651 e. The number of rotatable bonds is 4. The molecular formula is C10H20O. The van der Waals surface area contributed by atoms with Gasteiger partial charge in [-0.3, -0.25) is 0 Å². The molecular weight excluding hydrogens is 136 g/mol. The zero-order valence-electron chi connectivity index (χ0n) is 8.09. The summed E-state index contributed by atoms with van der Waals surface area (Å²) in [5, 5.41) is 9.58. The third kappa shape index (κ3) is 6.11. The summed E-state index contributed by atoms with van der Waals surface area (Å²) in [4.78, 5) is 0. The van der Waals surface area contributed by atoms with Gasteiger partial charge in [-0.15, -0.1) is 0 Å². The second kappa shape index (κ2) is 4.55. The van der Waals surface area contributed by atoms with Crippen LogP contribution in [0.5, 0.6) is 0 Å². The Kier molecular flexibility index (Phi) is 4.43. The topological polar surface area (TPSA) is 20.2 Å². The highest BCUT2D eigenvalue weighted by atomic mass is 16.3. The van der Waals surface area contributed by atoms with Crippen LogP contribution >= 0.6 is 0 Å². The monoisotopic (exact) mass is 156 g/mol.